The van der Waals surface area contributed by atoms with Crippen LogP contribution in [0.15, 0.2) is 127 Å². The molecule has 0 aliphatic heterocycles. The van der Waals surface area contributed by atoms with Crippen LogP contribution in [0.25, 0.3) is 10.9 Å². The molecule has 8 heteroatoms. The second-order valence-corrected chi connectivity index (χ2v) is 15.2. The molecular formula is C43H43ClN2O4S. The lowest BCUT2D eigenvalue weighted by atomic mass is 9.97. The van der Waals surface area contributed by atoms with E-state index in [4.69, 9.17) is 16.7 Å². The fourth-order valence-electron chi connectivity index (χ4n) is 7.10. The third-order valence-corrected chi connectivity index (χ3v) is 11.0. The molecule has 6 nitrogen and oxygen atoms in total. The average molecular weight is 719 g/mol. The van der Waals surface area contributed by atoms with Gasteiger partial charge in [0.15, 0.2) is 0 Å². The molecule has 1 heterocycles. The van der Waals surface area contributed by atoms with Crippen LogP contribution in [0.4, 0.5) is 0 Å². The van der Waals surface area contributed by atoms with Gasteiger partial charge in [0, 0.05) is 34.6 Å². The van der Waals surface area contributed by atoms with Crippen LogP contribution in [0, 0.1) is 0 Å². The Kier molecular flexibility index (Phi) is 11.7. The molecule has 2 N–H and O–H groups in total. The van der Waals surface area contributed by atoms with Gasteiger partial charge in [0.25, 0.3) is 0 Å². The van der Waals surface area contributed by atoms with Gasteiger partial charge in [-0.05, 0) is 82.8 Å². The average Bonchev–Trinajstić information content (AvgIpc) is 3.41. The number of carboxylic acids is 1. The molecule has 0 saturated heterocycles. The first-order chi connectivity index (χ1) is 24.7. The molecule has 1 aromatic heterocycles. The first kappa shape index (κ1) is 36.1. The molecule has 0 spiro atoms. The number of carboxylic acid groups (broad SMARTS) is 1. The first-order valence-corrected chi connectivity index (χ1v) is 19.5. The Bertz CT molecular complexity index is 2160. The number of sulfonamides is 1. The van der Waals surface area contributed by atoms with Gasteiger partial charge in [0.1, 0.15) is 0 Å². The Hall–Kier alpha value is -4.69. The highest BCUT2D eigenvalue weighted by atomic mass is 35.5. The minimum atomic E-state index is -3.61. The van der Waals surface area contributed by atoms with Gasteiger partial charge in [-0.3, -0.25) is 4.79 Å². The summed E-state index contributed by atoms with van der Waals surface area (Å²) in [5, 5.41) is 10.9. The van der Waals surface area contributed by atoms with Gasteiger partial charge >= 0.3 is 5.97 Å². The molecule has 0 atom stereocenters. The maximum Gasteiger partial charge on any atom is 0.307 e. The zero-order chi connectivity index (χ0) is 35.8. The molecule has 51 heavy (non-hydrogen) atoms. The molecule has 6 rings (SSSR count). The highest BCUT2D eigenvalue weighted by molar-refractivity contribution is 7.88. The van der Waals surface area contributed by atoms with Crippen LogP contribution in [0.2, 0.25) is 5.02 Å². The Morgan fingerprint density at radius 1 is 0.765 bits per heavy atom. The molecule has 262 valence electrons. The van der Waals surface area contributed by atoms with E-state index >= 15 is 0 Å². The Morgan fingerprint density at radius 3 is 2.00 bits per heavy atom. The monoisotopic (exact) mass is 718 g/mol. The van der Waals surface area contributed by atoms with Crippen LogP contribution in [-0.2, 0) is 52.7 Å². The van der Waals surface area contributed by atoms with Crippen LogP contribution in [0.5, 0.6) is 0 Å². The molecule has 0 amide bonds. The second-order valence-electron chi connectivity index (χ2n) is 12.9. The van der Waals surface area contributed by atoms with E-state index in [1.165, 1.54) is 0 Å². The van der Waals surface area contributed by atoms with Gasteiger partial charge in [0.05, 0.1) is 18.2 Å². The van der Waals surface area contributed by atoms with Crippen molar-refractivity contribution in [3.63, 3.8) is 0 Å². The largest absolute Gasteiger partial charge is 0.481 e. The normalized spacial score (nSPS) is 11.7. The predicted octanol–water partition coefficient (Wildman–Crippen LogP) is 8.96. The van der Waals surface area contributed by atoms with Crippen LogP contribution in [-0.4, -0.2) is 30.6 Å². The van der Waals surface area contributed by atoms with E-state index in [0.29, 0.717) is 11.4 Å². The van der Waals surface area contributed by atoms with E-state index in [1.54, 1.807) is 0 Å². The number of rotatable bonds is 16. The van der Waals surface area contributed by atoms with E-state index in [1.807, 2.05) is 79.7 Å². The molecule has 0 aliphatic rings. The molecule has 6 aromatic rings. The highest BCUT2D eigenvalue weighted by Crippen LogP contribution is 2.38. The quantitative estimate of drug-likeness (QED) is 0.105. The van der Waals surface area contributed by atoms with Gasteiger partial charge in [-0.25, -0.2) is 13.1 Å². The number of nitrogens with zero attached hydrogens (tertiary/aromatic N) is 1. The van der Waals surface area contributed by atoms with Crippen molar-refractivity contribution in [3.8, 4) is 0 Å². The lowest BCUT2D eigenvalue weighted by molar-refractivity contribution is -0.136. The van der Waals surface area contributed by atoms with Gasteiger partial charge < -0.3 is 9.67 Å². The molecule has 0 unspecified atom stereocenters. The minimum absolute atomic E-state index is 0.00275. The summed E-state index contributed by atoms with van der Waals surface area (Å²) in [6.45, 7) is 2.28. The predicted molar refractivity (Wildman–Crippen MR) is 207 cm³/mol. The topological polar surface area (TPSA) is 88.4 Å². The summed E-state index contributed by atoms with van der Waals surface area (Å²) in [5.41, 5.74) is 9.29. The molecular weight excluding hydrogens is 676 g/mol. The lowest BCUT2D eigenvalue weighted by Crippen LogP contribution is -2.28. The summed E-state index contributed by atoms with van der Waals surface area (Å²) in [6.07, 6.45) is 3.66. The van der Waals surface area contributed by atoms with Crippen molar-refractivity contribution in [1.82, 2.24) is 9.29 Å². The summed E-state index contributed by atoms with van der Waals surface area (Å²) >= 11 is 6.67. The summed E-state index contributed by atoms with van der Waals surface area (Å²) in [4.78, 5) is 11.2. The molecule has 0 radical (unpaired) electrons. The number of hydrogen-bond acceptors (Lipinski definition) is 3. The number of hydrogen-bond donors (Lipinski definition) is 2. The fourth-order valence-corrected chi connectivity index (χ4v) is 8.48. The second kappa shape index (κ2) is 16.6. The zero-order valence-electron chi connectivity index (χ0n) is 28.8. The van der Waals surface area contributed by atoms with Gasteiger partial charge in [0.2, 0.25) is 10.0 Å². The van der Waals surface area contributed by atoms with Crippen molar-refractivity contribution in [2.45, 2.75) is 57.2 Å². The summed E-state index contributed by atoms with van der Waals surface area (Å²) in [7, 11) is -3.61. The van der Waals surface area contributed by atoms with Crippen molar-refractivity contribution in [2.75, 3.05) is 6.54 Å². The number of halogens is 1. The SMILES string of the molecule is CCc1ccccc1CS(=O)(=O)NCCc1c(CCCc2ccc(CC(=O)O)cc2)c2cc(Cl)ccc2n1C(c1ccccc1)c1ccccc1. The van der Waals surface area contributed by atoms with Crippen LogP contribution < -0.4 is 4.72 Å². The van der Waals surface area contributed by atoms with Crippen LogP contribution in [0.3, 0.4) is 0 Å². The molecule has 0 saturated carbocycles. The summed E-state index contributed by atoms with van der Waals surface area (Å²) in [5.74, 6) is -0.910. The molecule has 0 fully saturated rings. The number of aryl methyl sites for hydroxylation is 3. The van der Waals surface area contributed by atoms with Crippen molar-refractivity contribution < 1.29 is 18.3 Å². The van der Waals surface area contributed by atoms with Crippen molar-refractivity contribution in [2.24, 2.45) is 0 Å². The number of fused-ring (bicyclic) bond motifs is 1. The lowest BCUT2D eigenvalue weighted by Gasteiger charge is -2.25. The van der Waals surface area contributed by atoms with Crippen molar-refractivity contribution in [3.05, 3.63) is 177 Å². The number of aromatic nitrogens is 1. The smallest absolute Gasteiger partial charge is 0.307 e. The third-order valence-electron chi connectivity index (χ3n) is 9.47. The van der Waals surface area contributed by atoms with E-state index in [2.05, 4.69) is 63.9 Å². The standard InChI is InChI=1S/C43H43ClN2O4S/c1-2-33-13-9-10-18-36(33)30-51(49,50)45-27-26-41-38(19-11-12-31-20-22-32(23-21-31)28-42(47)48)39-29-37(44)24-25-40(39)46(41)43(34-14-5-3-6-15-34)35-16-7-4-8-17-35/h3-10,13-18,20-25,29,43,45H,2,11-12,19,26-28,30H2,1H3,(H,47,48). The zero-order valence-corrected chi connectivity index (χ0v) is 30.3. The van der Waals surface area contributed by atoms with E-state index < -0.39 is 16.0 Å². The molecule has 0 bridgehead atoms. The maximum absolute atomic E-state index is 13.5. The Morgan fingerprint density at radius 2 is 1.37 bits per heavy atom. The van der Waals surface area contributed by atoms with E-state index in [9.17, 15) is 13.2 Å². The van der Waals surface area contributed by atoms with E-state index in [-0.39, 0.29) is 24.8 Å². The molecule has 0 aliphatic carbocycles. The first-order valence-electron chi connectivity index (χ1n) is 17.5. The number of aliphatic carboxylic acids is 1. The van der Waals surface area contributed by atoms with Gasteiger partial charge in [-0.1, -0.05) is 128 Å². The summed E-state index contributed by atoms with van der Waals surface area (Å²) < 4.78 is 32.2. The molecule has 5 aromatic carbocycles. The van der Waals surface area contributed by atoms with Gasteiger partial charge in [-0.2, -0.15) is 0 Å². The van der Waals surface area contributed by atoms with Crippen LogP contribution >= 0.6 is 11.6 Å². The maximum atomic E-state index is 13.5. The number of nitrogens with one attached hydrogen (secondary N) is 1. The van der Waals surface area contributed by atoms with Gasteiger partial charge in [-0.15, -0.1) is 0 Å². The number of benzene rings is 5. The van der Waals surface area contributed by atoms with E-state index in [0.717, 1.165) is 81.2 Å². The van der Waals surface area contributed by atoms with Crippen LogP contribution in [0.1, 0.15) is 64.0 Å². The fraction of sp³-hybridized carbons (Fsp3) is 0.233. The Balaban J connectivity index is 1.38. The number of carbonyl (C=O) groups is 1. The highest BCUT2D eigenvalue weighted by Gasteiger charge is 2.26. The summed E-state index contributed by atoms with van der Waals surface area (Å²) in [6, 6.07) is 42.2. The Labute approximate surface area is 305 Å². The third kappa shape index (κ3) is 8.98. The van der Waals surface area contributed by atoms with Crippen molar-refractivity contribution in [1.29, 1.82) is 0 Å². The van der Waals surface area contributed by atoms with Crippen molar-refractivity contribution >= 4 is 38.5 Å². The minimum Gasteiger partial charge on any atom is -0.481 e.